The Morgan fingerprint density at radius 2 is 1.96 bits per heavy atom. The van der Waals surface area contributed by atoms with Crippen LogP contribution in [0.2, 0.25) is 0 Å². The number of anilines is 3. The molecule has 2 aromatic heterocycles. The van der Waals surface area contributed by atoms with Crippen molar-refractivity contribution in [1.29, 1.82) is 0 Å². The Kier molecular flexibility index (Phi) is 5.28. The monoisotopic (exact) mass is 414 g/mol. The lowest BCUT2D eigenvalue weighted by atomic mass is 10.2. The zero-order valence-electron chi connectivity index (χ0n) is 14.2. The lowest BCUT2D eigenvalue weighted by Gasteiger charge is -2.04. The van der Waals surface area contributed by atoms with Crippen LogP contribution in [0.25, 0.3) is 11.0 Å². The van der Waals surface area contributed by atoms with Crippen LogP contribution in [0.1, 0.15) is 5.56 Å². The van der Waals surface area contributed by atoms with Crippen molar-refractivity contribution in [3.63, 3.8) is 0 Å². The highest BCUT2D eigenvalue weighted by atomic mass is 32.2. The molecule has 0 unspecified atom stereocenters. The van der Waals surface area contributed by atoms with Crippen LogP contribution in [0, 0.1) is 6.92 Å². The number of fused-ring (bicyclic) bond motifs is 1. The number of hydrogen-bond acceptors (Lipinski definition) is 9. The third kappa shape index (κ3) is 4.41. The first kappa shape index (κ1) is 17.8. The molecule has 0 aliphatic rings. The van der Waals surface area contributed by atoms with Gasteiger partial charge in [0.05, 0.1) is 23.2 Å². The Bertz CT molecular complexity index is 1080. The van der Waals surface area contributed by atoms with Crippen LogP contribution in [0.15, 0.2) is 46.8 Å². The quantitative estimate of drug-likeness (QED) is 0.454. The summed E-state index contributed by atoms with van der Waals surface area (Å²) >= 11 is 3.89. The normalized spacial score (nSPS) is 10.9. The first-order valence-electron chi connectivity index (χ1n) is 7.98. The van der Waals surface area contributed by atoms with E-state index >= 15 is 0 Å². The summed E-state index contributed by atoms with van der Waals surface area (Å²) in [4.78, 5) is 12.2. The number of carbonyl (C=O) groups is 1. The number of amides is 1. The topological polar surface area (TPSA) is 92.7 Å². The maximum Gasteiger partial charge on any atom is 0.234 e. The molecule has 0 fully saturated rings. The van der Waals surface area contributed by atoms with Crippen molar-refractivity contribution in [2.75, 3.05) is 16.4 Å². The molecule has 10 heteroatoms. The van der Waals surface area contributed by atoms with Gasteiger partial charge in [-0.25, -0.2) is 0 Å². The number of carbonyl (C=O) groups excluding carboxylic acids is 1. The molecule has 2 heterocycles. The molecule has 0 aliphatic carbocycles. The van der Waals surface area contributed by atoms with Gasteiger partial charge in [0, 0.05) is 5.69 Å². The summed E-state index contributed by atoms with van der Waals surface area (Å²) < 4.78 is 9.12. The van der Waals surface area contributed by atoms with Crippen LogP contribution in [-0.2, 0) is 4.79 Å². The van der Waals surface area contributed by atoms with E-state index in [0.717, 1.165) is 27.3 Å². The molecule has 0 bridgehead atoms. The third-order valence-electron chi connectivity index (χ3n) is 3.60. The number of hydrogen-bond donors (Lipinski definition) is 2. The lowest BCUT2D eigenvalue weighted by Crippen LogP contribution is -2.14. The first-order valence-corrected chi connectivity index (χ1v) is 10.5. The molecule has 2 N–H and O–H groups in total. The Hall–Kier alpha value is -2.56. The summed E-state index contributed by atoms with van der Waals surface area (Å²) in [5, 5.41) is 15.0. The molecular formula is C17H14N6OS3. The summed E-state index contributed by atoms with van der Waals surface area (Å²) in [6, 6.07) is 13.6. The minimum atomic E-state index is -0.122. The van der Waals surface area contributed by atoms with Gasteiger partial charge in [-0.3, -0.25) is 4.79 Å². The number of aromatic nitrogens is 4. The molecule has 7 nitrogen and oxygen atoms in total. The minimum Gasteiger partial charge on any atom is -0.330 e. The van der Waals surface area contributed by atoms with Crippen LogP contribution >= 0.6 is 34.8 Å². The van der Waals surface area contributed by atoms with Crippen LogP contribution in [-0.4, -0.2) is 30.6 Å². The van der Waals surface area contributed by atoms with Crippen LogP contribution in [0.5, 0.6) is 0 Å². The second kappa shape index (κ2) is 7.99. The Labute approximate surface area is 167 Å². The zero-order valence-corrected chi connectivity index (χ0v) is 16.6. The molecule has 0 radical (unpaired) electrons. The fourth-order valence-electron chi connectivity index (χ4n) is 2.30. The molecular weight excluding hydrogens is 400 g/mol. The average molecular weight is 415 g/mol. The molecule has 136 valence electrons. The summed E-state index contributed by atoms with van der Waals surface area (Å²) in [6.07, 6.45) is 0. The van der Waals surface area contributed by atoms with Gasteiger partial charge in [-0.2, -0.15) is 8.75 Å². The molecule has 0 aliphatic heterocycles. The number of benzene rings is 2. The molecule has 2 aromatic carbocycles. The first-order chi connectivity index (χ1) is 13.2. The van der Waals surface area contributed by atoms with Gasteiger partial charge in [0.2, 0.25) is 11.0 Å². The second-order valence-corrected chi connectivity index (χ2v) is 8.37. The molecule has 0 spiro atoms. The highest BCUT2D eigenvalue weighted by Crippen LogP contribution is 2.28. The predicted octanol–water partition coefficient (Wildman–Crippen LogP) is 4.33. The van der Waals surface area contributed by atoms with Crippen molar-refractivity contribution < 1.29 is 4.79 Å². The van der Waals surface area contributed by atoms with Gasteiger partial charge in [-0.05, 0) is 31.2 Å². The standard InChI is InChI=1S/C17H14N6OS3/c1-10-5-7-11(8-6-10)18-16-20-21-17(26-16)25-9-14(24)19-12-3-2-4-13-15(12)23-27-22-13/h2-8H,9H2,1H3,(H,18,20)(H,19,24). The summed E-state index contributed by atoms with van der Waals surface area (Å²) in [5.41, 5.74) is 4.31. The van der Waals surface area contributed by atoms with Crippen molar-refractivity contribution >= 4 is 68.3 Å². The maximum atomic E-state index is 12.2. The second-order valence-electron chi connectivity index (χ2n) is 5.64. The average Bonchev–Trinajstić information content (AvgIpc) is 3.32. The maximum absolute atomic E-state index is 12.2. The SMILES string of the molecule is Cc1ccc(Nc2nnc(SCC(=O)Nc3cccc4nsnc34)s2)cc1. The minimum absolute atomic E-state index is 0.122. The zero-order chi connectivity index (χ0) is 18.6. The van der Waals surface area contributed by atoms with Crippen LogP contribution in [0.4, 0.5) is 16.5 Å². The smallest absolute Gasteiger partial charge is 0.234 e. The number of nitrogens with zero attached hydrogens (tertiary/aromatic N) is 4. The van der Waals surface area contributed by atoms with Gasteiger partial charge >= 0.3 is 0 Å². The summed E-state index contributed by atoms with van der Waals surface area (Å²) in [5.74, 6) is 0.122. The van der Waals surface area contributed by atoms with E-state index in [1.807, 2.05) is 49.4 Å². The molecule has 0 saturated carbocycles. The molecule has 27 heavy (non-hydrogen) atoms. The Balaban J connectivity index is 1.33. The van der Waals surface area contributed by atoms with Gasteiger partial charge in [-0.15, -0.1) is 10.2 Å². The highest BCUT2D eigenvalue weighted by molar-refractivity contribution is 8.01. The van der Waals surface area contributed by atoms with Crippen molar-refractivity contribution in [1.82, 2.24) is 18.9 Å². The van der Waals surface area contributed by atoms with Gasteiger partial charge in [0.25, 0.3) is 0 Å². The Morgan fingerprint density at radius 1 is 1.11 bits per heavy atom. The third-order valence-corrected chi connectivity index (χ3v) is 6.11. The van der Waals surface area contributed by atoms with E-state index in [4.69, 9.17) is 0 Å². The lowest BCUT2D eigenvalue weighted by molar-refractivity contribution is -0.113. The van der Waals surface area contributed by atoms with Gasteiger partial charge < -0.3 is 10.6 Å². The van der Waals surface area contributed by atoms with E-state index in [-0.39, 0.29) is 11.7 Å². The van der Waals surface area contributed by atoms with E-state index in [2.05, 4.69) is 29.6 Å². The predicted molar refractivity (Wildman–Crippen MR) is 111 cm³/mol. The van der Waals surface area contributed by atoms with E-state index in [0.29, 0.717) is 16.3 Å². The highest BCUT2D eigenvalue weighted by Gasteiger charge is 2.11. The molecule has 4 aromatic rings. The van der Waals surface area contributed by atoms with Crippen molar-refractivity contribution in [3.8, 4) is 0 Å². The molecule has 4 rings (SSSR count). The van der Waals surface area contributed by atoms with Crippen LogP contribution < -0.4 is 10.6 Å². The number of nitrogens with one attached hydrogen (secondary N) is 2. The summed E-state index contributed by atoms with van der Waals surface area (Å²) in [7, 11) is 0. The number of aryl methyl sites for hydroxylation is 1. The van der Waals surface area contributed by atoms with Crippen molar-refractivity contribution in [3.05, 3.63) is 48.0 Å². The van der Waals surface area contributed by atoms with Crippen LogP contribution in [0.3, 0.4) is 0 Å². The van der Waals surface area contributed by atoms with Crippen molar-refractivity contribution in [2.45, 2.75) is 11.3 Å². The van der Waals surface area contributed by atoms with E-state index in [1.54, 1.807) is 0 Å². The fraction of sp³-hybridized carbons (Fsp3) is 0.118. The number of rotatable bonds is 6. The van der Waals surface area contributed by atoms with Gasteiger partial charge in [-0.1, -0.05) is 46.9 Å². The van der Waals surface area contributed by atoms with Gasteiger partial charge in [0.1, 0.15) is 11.0 Å². The van der Waals surface area contributed by atoms with E-state index < -0.39 is 0 Å². The fourth-order valence-corrected chi connectivity index (χ4v) is 4.42. The van der Waals surface area contributed by atoms with E-state index in [1.165, 1.54) is 28.7 Å². The van der Waals surface area contributed by atoms with E-state index in [9.17, 15) is 4.79 Å². The number of thioether (sulfide) groups is 1. The van der Waals surface area contributed by atoms with Gasteiger partial charge in [0.15, 0.2) is 4.34 Å². The summed E-state index contributed by atoms with van der Waals surface area (Å²) in [6.45, 7) is 2.04. The Morgan fingerprint density at radius 3 is 2.81 bits per heavy atom. The molecule has 1 amide bonds. The molecule has 0 saturated heterocycles. The molecule has 0 atom stereocenters. The van der Waals surface area contributed by atoms with Crippen molar-refractivity contribution in [2.24, 2.45) is 0 Å². The largest absolute Gasteiger partial charge is 0.330 e.